The first-order valence-corrected chi connectivity index (χ1v) is 5.04. The van der Waals surface area contributed by atoms with Crippen LogP contribution in [0.5, 0.6) is 0 Å². The summed E-state index contributed by atoms with van der Waals surface area (Å²) in [7, 11) is 0. The molecule has 2 aromatic heterocycles. The SMILES string of the molecule is NC(=S)c1nccnc1-n1ccc(C(F)(F)F)n1. The van der Waals surface area contributed by atoms with Crippen LogP contribution in [0.25, 0.3) is 5.82 Å². The molecule has 5 nitrogen and oxygen atoms in total. The molecule has 0 aromatic carbocycles. The molecule has 0 amide bonds. The first-order chi connectivity index (χ1) is 8.39. The second kappa shape index (κ2) is 4.33. The van der Waals surface area contributed by atoms with Gasteiger partial charge in [0, 0.05) is 18.6 Å². The predicted octanol–water partition coefficient (Wildman–Crippen LogP) is 1.32. The molecule has 94 valence electrons. The van der Waals surface area contributed by atoms with E-state index < -0.39 is 11.9 Å². The smallest absolute Gasteiger partial charge is 0.388 e. The van der Waals surface area contributed by atoms with Crippen molar-refractivity contribution in [2.75, 3.05) is 0 Å². The maximum absolute atomic E-state index is 12.4. The van der Waals surface area contributed by atoms with E-state index in [4.69, 9.17) is 18.0 Å². The highest BCUT2D eigenvalue weighted by Gasteiger charge is 2.34. The first kappa shape index (κ1) is 12.4. The Labute approximate surface area is 104 Å². The van der Waals surface area contributed by atoms with Crippen molar-refractivity contribution in [2.45, 2.75) is 6.18 Å². The Morgan fingerprint density at radius 2 is 1.94 bits per heavy atom. The van der Waals surface area contributed by atoms with Crippen molar-refractivity contribution in [3.63, 3.8) is 0 Å². The van der Waals surface area contributed by atoms with Crippen LogP contribution in [0.15, 0.2) is 24.7 Å². The molecule has 0 spiro atoms. The van der Waals surface area contributed by atoms with Gasteiger partial charge >= 0.3 is 6.18 Å². The molecular formula is C9H6F3N5S. The van der Waals surface area contributed by atoms with Crippen LogP contribution in [0.3, 0.4) is 0 Å². The number of alkyl halides is 3. The first-order valence-electron chi connectivity index (χ1n) is 4.63. The van der Waals surface area contributed by atoms with Crippen LogP contribution < -0.4 is 5.73 Å². The number of rotatable bonds is 2. The fourth-order valence-corrected chi connectivity index (χ4v) is 1.41. The van der Waals surface area contributed by atoms with Crippen molar-refractivity contribution >= 4 is 17.2 Å². The Balaban J connectivity index is 2.50. The number of nitrogens with two attached hydrogens (primary N) is 1. The molecule has 0 saturated carbocycles. The topological polar surface area (TPSA) is 69.6 Å². The van der Waals surface area contributed by atoms with Gasteiger partial charge in [-0.15, -0.1) is 0 Å². The Bertz CT molecular complexity index is 592. The lowest BCUT2D eigenvalue weighted by Gasteiger charge is -2.05. The van der Waals surface area contributed by atoms with Crippen molar-refractivity contribution in [1.82, 2.24) is 19.7 Å². The largest absolute Gasteiger partial charge is 0.435 e. The zero-order valence-corrected chi connectivity index (χ0v) is 9.53. The molecule has 9 heteroatoms. The summed E-state index contributed by atoms with van der Waals surface area (Å²) in [5.74, 6) is 0.0560. The second-order valence-electron chi connectivity index (χ2n) is 3.24. The van der Waals surface area contributed by atoms with Gasteiger partial charge in [-0.05, 0) is 6.07 Å². The van der Waals surface area contributed by atoms with E-state index in [-0.39, 0.29) is 16.5 Å². The normalized spacial score (nSPS) is 11.5. The third kappa shape index (κ3) is 2.30. The van der Waals surface area contributed by atoms with Gasteiger partial charge in [-0.2, -0.15) is 18.3 Å². The van der Waals surface area contributed by atoms with Gasteiger partial charge in [0.1, 0.15) is 10.7 Å². The summed E-state index contributed by atoms with van der Waals surface area (Å²) in [4.78, 5) is 7.66. The van der Waals surface area contributed by atoms with Crippen molar-refractivity contribution in [3.8, 4) is 5.82 Å². The van der Waals surface area contributed by atoms with Crippen LogP contribution in [0.4, 0.5) is 13.2 Å². The van der Waals surface area contributed by atoms with E-state index in [1.165, 1.54) is 12.4 Å². The van der Waals surface area contributed by atoms with Crippen LogP contribution >= 0.6 is 12.2 Å². The average molecular weight is 273 g/mol. The van der Waals surface area contributed by atoms with Gasteiger partial charge < -0.3 is 5.73 Å². The molecule has 2 rings (SSSR count). The molecule has 0 atom stereocenters. The summed E-state index contributed by atoms with van der Waals surface area (Å²) < 4.78 is 38.2. The Morgan fingerprint density at radius 3 is 2.50 bits per heavy atom. The molecule has 0 fully saturated rings. The molecule has 0 aliphatic rings. The zero-order chi connectivity index (χ0) is 13.3. The summed E-state index contributed by atoms with van der Waals surface area (Å²) >= 11 is 4.74. The highest BCUT2D eigenvalue weighted by atomic mass is 32.1. The number of thiocarbonyl (C=S) groups is 1. The van der Waals surface area contributed by atoms with Gasteiger partial charge in [0.15, 0.2) is 11.5 Å². The van der Waals surface area contributed by atoms with Gasteiger partial charge in [0.25, 0.3) is 0 Å². The van der Waals surface area contributed by atoms with Crippen molar-refractivity contribution < 1.29 is 13.2 Å². The van der Waals surface area contributed by atoms with E-state index in [0.717, 1.165) is 16.9 Å². The standard InChI is InChI=1S/C9H6F3N5S/c10-9(11,12)5-1-4-17(16-5)8-6(7(13)18)14-2-3-15-8/h1-4H,(H2,13,18). The van der Waals surface area contributed by atoms with E-state index in [1.807, 2.05) is 0 Å². The van der Waals surface area contributed by atoms with Crippen LogP contribution in [-0.2, 0) is 6.18 Å². The van der Waals surface area contributed by atoms with E-state index in [1.54, 1.807) is 0 Å². The fraction of sp³-hybridized carbons (Fsp3) is 0.111. The minimum atomic E-state index is -4.52. The molecule has 0 saturated heterocycles. The van der Waals surface area contributed by atoms with E-state index in [2.05, 4.69) is 15.1 Å². The van der Waals surface area contributed by atoms with E-state index in [0.29, 0.717) is 0 Å². The lowest BCUT2D eigenvalue weighted by atomic mass is 10.4. The van der Waals surface area contributed by atoms with Crippen LogP contribution in [0, 0.1) is 0 Å². The van der Waals surface area contributed by atoms with Crippen molar-refractivity contribution in [1.29, 1.82) is 0 Å². The van der Waals surface area contributed by atoms with Crippen LogP contribution in [0.1, 0.15) is 11.4 Å². The molecular weight excluding hydrogens is 267 g/mol. The summed E-state index contributed by atoms with van der Waals surface area (Å²) in [5.41, 5.74) is 4.50. The summed E-state index contributed by atoms with van der Waals surface area (Å²) in [5, 5.41) is 3.37. The zero-order valence-electron chi connectivity index (χ0n) is 8.72. The third-order valence-electron chi connectivity index (χ3n) is 2.01. The Hall–Kier alpha value is -2.03. The van der Waals surface area contributed by atoms with Gasteiger partial charge in [-0.25, -0.2) is 14.6 Å². The molecule has 0 bridgehead atoms. The monoisotopic (exact) mass is 273 g/mol. The van der Waals surface area contributed by atoms with Crippen LogP contribution in [-0.4, -0.2) is 24.7 Å². The average Bonchev–Trinajstić information content (AvgIpc) is 2.77. The number of halogens is 3. The maximum Gasteiger partial charge on any atom is 0.435 e. The van der Waals surface area contributed by atoms with E-state index >= 15 is 0 Å². The summed E-state index contributed by atoms with van der Waals surface area (Å²) in [6, 6.07) is 0.831. The van der Waals surface area contributed by atoms with Gasteiger partial charge in [-0.1, -0.05) is 12.2 Å². The molecule has 0 radical (unpaired) electrons. The number of hydrogen-bond acceptors (Lipinski definition) is 4. The lowest BCUT2D eigenvalue weighted by Crippen LogP contribution is -2.17. The minimum absolute atomic E-state index is 0.0560. The van der Waals surface area contributed by atoms with Crippen molar-refractivity contribution in [2.24, 2.45) is 5.73 Å². The van der Waals surface area contributed by atoms with Gasteiger partial charge in [-0.3, -0.25) is 0 Å². The minimum Gasteiger partial charge on any atom is -0.388 e. The molecule has 2 aromatic rings. The van der Waals surface area contributed by atoms with Gasteiger partial charge in [0.2, 0.25) is 0 Å². The number of hydrogen-bond donors (Lipinski definition) is 1. The predicted molar refractivity (Wildman–Crippen MR) is 60.0 cm³/mol. The molecule has 2 heterocycles. The fourth-order valence-electron chi connectivity index (χ4n) is 1.27. The Kier molecular flexibility index (Phi) is 2.99. The number of aromatic nitrogens is 4. The Morgan fingerprint density at radius 1 is 1.28 bits per heavy atom. The maximum atomic E-state index is 12.4. The highest BCUT2D eigenvalue weighted by Crippen LogP contribution is 2.27. The lowest BCUT2D eigenvalue weighted by molar-refractivity contribution is -0.141. The summed E-state index contributed by atoms with van der Waals surface area (Å²) in [6.07, 6.45) is -0.746. The molecule has 0 aliphatic heterocycles. The van der Waals surface area contributed by atoms with E-state index in [9.17, 15) is 13.2 Å². The quantitative estimate of drug-likeness (QED) is 0.836. The molecule has 18 heavy (non-hydrogen) atoms. The summed E-state index contributed by atoms with van der Waals surface area (Å²) in [6.45, 7) is 0. The molecule has 2 N–H and O–H groups in total. The van der Waals surface area contributed by atoms with Gasteiger partial charge in [0.05, 0.1) is 0 Å². The second-order valence-corrected chi connectivity index (χ2v) is 3.68. The number of nitrogens with zero attached hydrogens (tertiary/aromatic N) is 4. The highest BCUT2D eigenvalue weighted by molar-refractivity contribution is 7.80. The van der Waals surface area contributed by atoms with Crippen molar-refractivity contribution in [3.05, 3.63) is 36.0 Å². The third-order valence-corrected chi connectivity index (χ3v) is 2.20. The van der Waals surface area contributed by atoms with Crippen LogP contribution in [0.2, 0.25) is 0 Å². The molecule has 0 aliphatic carbocycles. The molecule has 0 unspecified atom stereocenters.